The first kappa shape index (κ1) is 13.2. The summed E-state index contributed by atoms with van der Waals surface area (Å²) in [5, 5.41) is 8.47. The number of thiophene rings is 1. The van der Waals surface area contributed by atoms with Crippen molar-refractivity contribution in [3.8, 4) is 0 Å². The number of rotatable bonds is 6. The molecule has 1 aromatic heterocycles. The summed E-state index contributed by atoms with van der Waals surface area (Å²) in [5.41, 5.74) is 1.63. The Hall–Kier alpha value is -0.910. The van der Waals surface area contributed by atoms with Gasteiger partial charge in [0, 0.05) is 12.0 Å². The van der Waals surface area contributed by atoms with Gasteiger partial charge in [0.2, 0.25) is 0 Å². The Labute approximate surface area is 99.2 Å². The Bertz CT molecular complexity index is 338. The average molecular weight is 243 g/mol. The molecule has 90 valence electrons. The number of aryl methyl sites for hydroxylation is 1. The largest absolute Gasteiger partial charge is 0.382 e. The number of nitrogens with one attached hydrogen (secondary N) is 1. The minimum atomic E-state index is -0.443. The highest BCUT2D eigenvalue weighted by atomic mass is 32.1. The summed E-state index contributed by atoms with van der Waals surface area (Å²) >= 11 is 1.41. The van der Waals surface area contributed by atoms with Crippen LogP contribution in [0.4, 0.5) is 0 Å². The van der Waals surface area contributed by atoms with Crippen LogP contribution in [0.15, 0.2) is 12.1 Å². The van der Waals surface area contributed by atoms with Crippen molar-refractivity contribution in [3.05, 3.63) is 21.9 Å². The molecule has 1 amide bonds. The fourth-order valence-corrected chi connectivity index (χ4v) is 2.31. The van der Waals surface area contributed by atoms with E-state index in [2.05, 4.69) is 0 Å². The molecular weight excluding hydrogens is 226 g/mol. The van der Waals surface area contributed by atoms with E-state index in [9.17, 15) is 4.79 Å². The second kappa shape index (κ2) is 6.62. The molecule has 0 saturated heterocycles. The predicted octanol–water partition coefficient (Wildman–Crippen LogP) is 2.22. The van der Waals surface area contributed by atoms with Crippen molar-refractivity contribution in [1.82, 2.24) is 5.48 Å². The number of carbonyl (C=O) groups excluding carboxylic acids is 1. The zero-order valence-corrected chi connectivity index (χ0v) is 10.3. The number of hydrogen-bond acceptors (Lipinski definition) is 4. The Morgan fingerprint density at radius 3 is 3.00 bits per heavy atom. The van der Waals surface area contributed by atoms with Crippen molar-refractivity contribution >= 4 is 17.2 Å². The normalized spacial score (nSPS) is 12.4. The number of hydrogen-bond donors (Lipinski definition) is 2. The highest BCUT2D eigenvalue weighted by Crippen LogP contribution is 2.19. The number of amides is 1. The van der Waals surface area contributed by atoms with Gasteiger partial charge in [0.05, 0.1) is 11.0 Å². The Balaban J connectivity index is 2.38. The first-order valence-corrected chi connectivity index (χ1v) is 6.05. The molecular formula is C11H17NO3S. The lowest BCUT2D eigenvalue weighted by atomic mass is 10.1. The average Bonchev–Trinajstić information content (AvgIpc) is 2.76. The van der Waals surface area contributed by atoms with Crippen LogP contribution >= 0.6 is 11.3 Å². The van der Waals surface area contributed by atoms with Crippen LogP contribution in [0.5, 0.6) is 0 Å². The molecule has 0 saturated carbocycles. The molecule has 1 aromatic rings. The standard InChI is InChI=1S/C11H17NO3S/c1-8(15-2)4-3-5-9-6-7-10(16-9)11(13)12-14/h6-8,14H,3-5H2,1-2H3,(H,12,13). The topological polar surface area (TPSA) is 58.6 Å². The molecule has 0 spiro atoms. The first-order valence-electron chi connectivity index (χ1n) is 5.23. The molecule has 0 aliphatic heterocycles. The molecule has 1 heterocycles. The van der Waals surface area contributed by atoms with E-state index >= 15 is 0 Å². The van der Waals surface area contributed by atoms with Crippen molar-refractivity contribution in [1.29, 1.82) is 0 Å². The van der Waals surface area contributed by atoms with Gasteiger partial charge in [-0.25, -0.2) is 5.48 Å². The van der Waals surface area contributed by atoms with E-state index in [1.807, 2.05) is 13.0 Å². The lowest BCUT2D eigenvalue weighted by molar-refractivity contribution is 0.0711. The van der Waals surface area contributed by atoms with Gasteiger partial charge in [-0.2, -0.15) is 0 Å². The molecule has 1 atom stereocenters. The highest BCUT2D eigenvalue weighted by Gasteiger charge is 2.08. The molecule has 16 heavy (non-hydrogen) atoms. The third kappa shape index (κ3) is 3.92. The lowest BCUT2D eigenvalue weighted by Crippen LogP contribution is -2.16. The fraction of sp³-hybridized carbons (Fsp3) is 0.545. The van der Waals surface area contributed by atoms with Crippen LogP contribution in [0, 0.1) is 0 Å². The molecule has 4 nitrogen and oxygen atoms in total. The van der Waals surface area contributed by atoms with E-state index in [-0.39, 0.29) is 6.10 Å². The van der Waals surface area contributed by atoms with Gasteiger partial charge in [0.15, 0.2) is 0 Å². The molecule has 2 N–H and O–H groups in total. The summed E-state index contributed by atoms with van der Waals surface area (Å²) in [4.78, 5) is 12.8. The second-order valence-electron chi connectivity index (χ2n) is 3.65. The molecule has 0 aliphatic rings. The van der Waals surface area contributed by atoms with Gasteiger partial charge in [-0.1, -0.05) is 0 Å². The third-order valence-electron chi connectivity index (χ3n) is 2.42. The van der Waals surface area contributed by atoms with E-state index in [1.54, 1.807) is 18.7 Å². The van der Waals surface area contributed by atoms with Gasteiger partial charge >= 0.3 is 0 Å². The minimum absolute atomic E-state index is 0.278. The van der Waals surface area contributed by atoms with Crippen molar-refractivity contribution in [2.24, 2.45) is 0 Å². The molecule has 0 aliphatic carbocycles. The summed E-state index contributed by atoms with van der Waals surface area (Å²) in [6.07, 6.45) is 3.27. The van der Waals surface area contributed by atoms with Crippen molar-refractivity contribution in [2.75, 3.05) is 7.11 Å². The van der Waals surface area contributed by atoms with Gasteiger partial charge in [-0.15, -0.1) is 11.3 Å². The monoisotopic (exact) mass is 243 g/mol. The van der Waals surface area contributed by atoms with Gasteiger partial charge < -0.3 is 4.74 Å². The predicted molar refractivity (Wildman–Crippen MR) is 63.0 cm³/mol. The van der Waals surface area contributed by atoms with E-state index in [0.29, 0.717) is 4.88 Å². The summed E-state index contributed by atoms with van der Waals surface area (Å²) in [7, 11) is 1.71. The Kier molecular flexibility index (Phi) is 5.45. The van der Waals surface area contributed by atoms with Crippen LogP contribution in [0.1, 0.15) is 34.3 Å². The van der Waals surface area contributed by atoms with Crippen molar-refractivity contribution in [2.45, 2.75) is 32.3 Å². The SMILES string of the molecule is COC(C)CCCc1ccc(C(=O)NO)s1. The summed E-state index contributed by atoms with van der Waals surface area (Å²) in [6.45, 7) is 2.04. The maximum atomic E-state index is 11.1. The Morgan fingerprint density at radius 1 is 1.62 bits per heavy atom. The van der Waals surface area contributed by atoms with Gasteiger partial charge in [0.1, 0.15) is 0 Å². The van der Waals surface area contributed by atoms with Gasteiger partial charge in [-0.05, 0) is 38.3 Å². The molecule has 0 radical (unpaired) electrons. The smallest absolute Gasteiger partial charge is 0.284 e. The first-order chi connectivity index (χ1) is 7.67. The zero-order chi connectivity index (χ0) is 12.0. The number of carbonyl (C=O) groups is 1. The van der Waals surface area contributed by atoms with Crippen LogP contribution in [-0.2, 0) is 11.2 Å². The van der Waals surface area contributed by atoms with Crippen molar-refractivity contribution in [3.63, 3.8) is 0 Å². The van der Waals surface area contributed by atoms with E-state index in [0.717, 1.165) is 24.1 Å². The summed E-state index contributed by atoms with van der Waals surface area (Å²) < 4.78 is 5.16. The van der Waals surface area contributed by atoms with Crippen LogP contribution < -0.4 is 5.48 Å². The van der Waals surface area contributed by atoms with Gasteiger partial charge in [0.25, 0.3) is 5.91 Å². The number of hydroxylamine groups is 1. The molecule has 5 heteroatoms. The van der Waals surface area contributed by atoms with Gasteiger partial charge in [-0.3, -0.25) is 10.0 Å². The lowest BCUT2D eigenvalue weighted by Gasteiger charge is -2.07. The van der Waals surface area contributed by atoms with Crippen LogP contribution in [-0.4, -0.2) is 24.3 Å². The maximum absolute atomic E-state index is 11.1. The minimum Gasteiger partial charge on any atom is -0.382 e. The van der Waals surface area contributed by atoms with Crippen molar-refractivity contribution < 1.29 is 14.7 Å². The molecule has 1 rings (SSSR count). The second-order valence-corrected chi connectivity index (χ2v) is 4.81. The zero-order valence-electron chi connectivity index (χ0n) is 9.53. The molecule has 0 fully saturated rings. The highest BCUT2D eigenvalue weighted by molar-refractivity contribution is 7.14. The van der Waals surface area contributed by atoms with Crippen LogP contribution in [0.25, 0.3) is 0 Å². The maximum Gasteiger partial charge on any atom is 0.284 e. The fourth-order valence-electron chi connectivity index (χ4n) is 1.37. The quantitative estimate of drug-likeness (QED) is 0.595. The van der Waals surface area contributed by atoms with E-state index in [4.69, 9.17) is 9.94 Å². The third-order valence-corrected chi connectivity index (χ3v) is 3.57. The van der Waals surface area contributed by atoms with Crippen LogP contribution in [0.2, 0.25) is 0 Å². The number of ether oxygens (including phenoxy) is 1. The van der Waals surface area contributed by atoms with Crippen LogP contribution in [0.3, 0.4) is 0 Å². The summed E-state index contributed by atoms with van der Waals surface area (Å²) in [6, 6.07) is 3.65. The molecule has 0 bridgehead atoms. The van der Waals surface area contributed by atoms with E-state index < -0.39 is 5.91 Å². The Morgan fingerprint density at radius 2 is 2.38 bits per heavy atom. The van der Waals surface area contributed by atoms with E-state index in [1.165, 1.54) is 11.3 Å². The summed E-state index contributed by atoms with van der Waals surface area (Å²) in [5.74, 6) is -0.443. The molecule has 1 unspecified atom stereocenters. The number of methoxy groups -OCH3 is 1. The molecule has 0 aromatic carbocycles.